The Labute approximate surface area is 173 Å². The summed E-state index contributed by atoms with van der Waals surface area (Å²) < 4.78 is 0. The molecule has 0 unspecified atom stereocenters. The molecule has 1 aliphatic rings. The fraction of sp³-hybridized carbons (Fsp3) is 0.400. The van der Waals surface area contributed by atoms with Gasteiger partial charge in [-0.1, -0.05) is 67.6 Å². The Bertz CT molecular complexity index is 916. The second kappa shape index (κ2) is 8.13. The van der Waals surface area contributed by atoms with Crippen LogP contribution in [0.25, 0.3) is 16.7 Å². The molecule has 1 N–H and O–H groups in total. The minimum absolute atomic E-state index is 0.119. The summed E-state index contributed by atoms with van der Waals surface area (Å²) in [6.07, 6.45) is 5.16. The molecule has 1 fully saturated rings. The predicted octanol–water partition coefficient (Wildman–Crippen LogP) is 7.45. The van der Waals surface area contributed by atoms with Crippen molar-refractivity contribution in [1.82, 2.24) is 0 Å². The van der Waals surface area contributed by atoms with E-state index >= 15 is 0 Å². The van der Waals surface area contributed by atoms with Gasteiger partial charge < -0.3 is 5.11 Å². The maximum atomic E-state index is 12.6. The summed E-state index contributed by atoms with van der Waals surface area (Å²) in [5, 5.41) is 11.8. The lowest BCUT2D eigenvalue weighted by Gasteiger charge is -2.34. The predicted molar refractivity (Wildman–Crippen MR) is 118 cm³/mol. The van der Waals surface area contributed by atoms with Crippen LogP contribution in [0, 0.1) is 19.3 Å². The summed E-state index contributed by atoms with van der Waals surface area (Å²) in [6, 6.07) is 12.1. The molecule has 0 atom stereocenters. The zero-order chi connectivity index (χ0) is 20.5. The lowest BCUT2D eigenvalue weighted by molar-refractivity contribution is -0.112. The first-order valence-corrected chi connectivity index (χ1v) is 10.4. The van der Waals surface area contributed by atoms with Gasteiger partial charge in [-0.3, -0.25) is 4.79 Å². The molecule has 1 aliphatic carbocycles. The number of carbonyl (C=O) groups excluding carboxylic acids is 1. The molecule has 2 nitrogen and oxygen atoms in total. The molecule has 3 rings (SSSR count). The van der Waals surface area contributed by atoms with E-state index < -0.39 is 0 Å². The van der Waals surface area contributed by atoms with Crippen LogP contribution in [0.1, 0.15) is 62.6 Å². The van der Waals surface area contributed by atoms with E-state index in [1.165, 1.54) is 18.9 Å². The quantitative estimate of drug-likeness (QED) is 0.430. The fourth-order valence-electron chi connectivity index (χ4n) is 4.26. The minimum Gasteiger partial charge on any atom is -0.511 e. The van der Waals surface area contributed by atoms with Crippen molar-refractivity contribution < 1.29 is 9.90 Å². The average Bonchev–Trinajstić information content (AvgIpc) is 2.65. The second-order valence-electron chi connectivity index (χ2n) is 8.41. The number of benzene rings is 2. The lowest BCUT2D eigenvalue weighted by atomic mass is 9.72. The molecule has 0 amide bonds. The van der Waals surface area contributed by atoms with E-state index in [1.807, 2.05) is 19.1 Å². The minimum atomic E-state index is -0.339. The van der Waals surface area contributed by atoms with Crippen LogP contribution in [-0.2, 0) is 4.79 Å². The summed E-state index contributed by atoms with van der Waals surface area (Å²) in [4.78, 5) is 12.6. The zero-order valence-electron chi connectivity index (χ0n) is 17.2. The summed E-state index contributed by atoms with van der Waals surface area (Å²) in [7, 11) is 0. The van der Waals surface area contributed by atoms with Crippen molar-refractivity contribution in [2.24, 2.45) is 5.41 Å². The number of aryl methyl sites for hydroxylation is 2. The molecule has 2 aromatic carbocycles. The fourth-order valence-corrected chi connectivity index (χ4v) is 4.53. The molecule has 0 heterocycles. The number of aliphatic hydroxyl groups excluding tert-OH is 1. The van der Waals surface area contributed by atoms with E-state index in [9.17, 15) is 9.90 Å². The van der Waals surface area contributed by atoms with Crippen molar-refractivity contribution in [1.29, 1.82) is 0 Å². The van der Waals surface area contributed by atoms with Crippen LogP contribution in [0.15, 0.2) is 42.2 Å². The second-order valence-corrected chi connectivity index (χ2v) is 8.82. The van der Waals surface area contributed by atoms with Crippen LogP contribution in [0.5, 0.6) is 0 Å². The highest BCUT2D eigenvalue weighted by Gasteiger charge is 2.35. The van der Waals surface area contributed by atoms with Crippen molar-refractivity contribution in [2.45, 2.75) is 59.8 Å². The van der Waals surface area contributed by atoms with Crippen molar-refractivity contribution in [2.75, 3.05) is 0 Å². The van der Waals surface area contributed by atoms with Gasteiger partial charge in [0.1, 0.15) is 5.76 Å². The van der Waals surface area contributed by atoms with Crippen LogP contribution < -0.4 is 0 Å². The Hall–Kier alpha value is -2.06. The van der Waals surface area contributed by atoms with Gasteiger partial charge in [-0.15, -0.1) is 0 Å². The van der Waals surface area contributed by atoms with Gasteiger partial charge in [-0.05, 0) is 62.4 Å². The summed E-state index contributed by atoms with van der Waals surface area (Å²) in [6.45, 7) is 7.63. The Balaban J connectivity index is 2.12. The third-order valence-electron chi connectivity index (χ3n) is 6.06. The molecule has 0 aliphatic heterocycles. The summed E-state index contributed by atoms with van der Waals surface area (Å²) in [5.41, 5.74) is 4.93. The molecular formula is C25H29ClO2. The molecule has 0 bridgehead atoms. The number of allylic oxidation sites excluding steroid dienone is 2. The third kappa shape index (κ3) is 4.03. The van der Waals surface area contributed by atoms with Gasteiger partial charge in [-0.25, -0.2) is 0 Å². The topological polar surface area (TPSA) is 37.3 Å². The number of hydrogen-bond donors (Lipinski definition) is 1. The van der Waals surface area contributed by atoms with Crippen LogP contribution in [-0.4, -0.2) is 10.9 Å². The number of ketones is 1. The summed E-state index contributed by atoms with van der Waals surface area (Å²) in [5.74, 6) is 0.105. The van der Waals surface area contributed by atoms with E-state index in [4.69, 9.17) is 11.6 Å². The monoisotopic (exact) mass is 396 g/mol. The molecule has 0 spiro atoms. The van der Waals surface area contributed by atoms with Gasteiger partial charge in [0.25, 0.3) is 0 Å². The Morgan fingerprint density at radius 2 is 1.64 bits per heavy atom. The van der Waals surface area contributed by atoms with Crippen molar-refractivity contribution in [3.63, 3.8) is 0 Å². The normalized spacial score (nSPS) is 17.2. The van der Waals surface area contributed by atoms with Crippen molar-refractivity contribution in [3.8, 4) is 11.1 Å². The van der Waals surface area contributed by atoms with Crippen LogP contribution >= 0.6 is 11.6 Å². The maximum absolute atomic E-state index is 12.6. The third-order valence-corrected chi connectivity index (χ3v) is 6.38. The lowest BCUT2D eigenvalue weighted by Crippen LogP contribution is -2.25. The molecule has 0 aromatic heterocycles. The first kappa shape index (κ1) is 20.7. The van der Waals surface area contributed by atoms with Crippen LogP contribution in [0.4, 0.5) is 0 Å². The molecule has 1 saturated carbocycles. The van der Waals surface area contributed by atoms with Crippen LogP contribution in [0.2, 0.25) is 5.02 Å². The van der Waals surface area contributed by atoms with E-state index in [1.54, 1.807) is 0 Å². The van der Waals surface area contributed by atoms with Gasteiger partial charge in [0.05, 0.1) is 5.57 Å². The molecule has 2 aromatic rings. The number of halogens is 1. The van der Waals surface area contributed by atoms with Gasteiger partial charge in [0.2, 0.25) is 0 Å². The first-order valence-electron chi connectivity index (χ1n) is 10.0. The molecule has 0 radical (unpaired) electrons. The highest BCUT2D eigenvalue weighted by atomic mass is 35.5. The van der Waals surface area contributed by atoms with Gasteiger partial charge in [-0.2, -0.15) is 0 Å². The summed E-state index contributed by atoms with van der Waals surface area (Å²) >= 11 is 6.63. The van der Waals surface area contributed by atoms with E-state index in [0.29, 0.717) is 10.6 Å². The van der Waals surface area contributed by atoms with Crippen LogP contribution in [0.3, 0.4) is 0 Å². The molecule has 3 heteroatoms. The smallest absolute Gasteiger partial charge is 0.163 e. The molecule has 28 heavy (non-hydrogen) atoms. The van der Waals surface area contributed by atoms with Crippen molar-refractivity contribution in [3.05, 3.63) is 63.9 Å². The number of carbonyl (C=O) groups is 1. The van der Waals surface area contributed by atoms with E-state index in [2.05, 4.69) is 38.1 Å². The highest BCUT2D eigenvalue weighted by molar-refractivity contribution is 6.34. The Kier molecular flexibility index (Phi) is 6.00. The van der Waals surface area contributed by atoms with E-state index in [-0.39, 0.29) is 17.0 Å². The number of hydrogen-bond acceptors (Lipinski definition) is 2. The zero-order valence-corrected chi connectivity index (χ0v) is 18.0. The number of rotatable bonds is 4. The maximum Gasteiger partial charge on any atom is 0.163 e. The number of Topliss-reactive ketones (excluding diaryl/α,β-unsaturated/α-hetero) is 1. The van der Waals surface area contributed by atoms with Crippen molar-refractivity contribution >= 4 is 23.0 Å². The Morgan fingerprint density at radius 3 is 2.21 bits per heavy atom. The van der Waals surface area contributed by atoms with Gasteiger partial charge in [0, 0.05) is 16.0 Å². The van der Waals surface area contributed by atoms with E-state index in [0.717, 1.165) is 47.9 Å². The SMILES string of the molecule is CC(=O)/C(=C(/O)C1(C)CCCCC1)c1cc(Cl)c(-c2ccc(C)cc2)cc1C. The standard InChI is InChI=1S/C25H29ClO2/c1-16-8-10-19(11-9-16)21-14-17(2)20(15-22(21)26)23(18(3)27)24(28)25(4)12-6-5-7-13-25/h8-11,14-15,28H,5-7,12-13H2,1-4H3/b24-23-. The average molecular weight is 397 g/mol. The molecule has 148 valence electrons. The first-order chi connectivity index (χ1) is 13.2. The van der Waals surface area contributed by atoms with Gasteiger partial charge >= 0.3 is 0 Å². The molecular weight excluding hydrogens is 368 g/mol. The highest BCUT2D eigenvalue weighted by Crippen LogP contribution is 2.45. The Morgan fingerprint density at radius 1 is 1.04 bits per heavy atom. The molecule has 0 saturated heterocycles. The van der Waals surface area contributed by atoms with Gasteiger partial charge in [0.15, 0.2) is 5.78 Å². The number of aliphatic hydroxyl groups is 1. The largest absolute Gasteiger partial charge is 0.511 e.